The highest BCUT2D eigenvalue weighted by atomic mass is 16.8. The van der Waals surface area contributed by atoms with Crippen LogP contribution < -0.4 is 0 Å². The van der Waals surface area contributed by atoms with Crippen LogP contribution in [-0.4, -0.2) is 128 Å². The smallest absolute Gasteiger partial charge is 0.306 e. The molecule has 376 valence electrons. The van der Waals surface area contributed by atoms with E-state index in [9.17, 15) is 43.2 Å². The number of ether oxygens (including phenoxy) is 11. The van der Waals surface area contributed by atoms with Gasteiger partial charge < -0.3 is 52.1 Å². The fraction of sp³-hybridized carbons (Fsp3) is 0.804. The molecule has 66 heavy (non-hydrogen) atoms. The summed E-state index contributed by atoms with van der Waals surface area (Å²) in [6.45, 7) is 12.0. The molecule has 1 aliphatic carbocycles. The third-order valence-corrected chi connectivity index (χ3v) is 10.6. The highest BCUT2D eigenvalue weighted by Crippen LogP contribution is 2.38. The molecule has 2 aliphatic rings. The van der Waals surface area contributed by atoms with Gasteiger partial charge in [0.25, 0.3) is 0 Å². The molecule has 2 rings (SSSR count). The molecule has 1 heterocycles. The fourth-order valence-electron chi connectivity index (χ4n) is 7.97. The van der Waals surface area contributed by atoms with Gasteiger partial charge in [0.2, 0.25) is 0 Å². The van der Waals surface area contributed by atoms with E-state index in [0.29, 0.717) is 12.8 Å². The van der Waals surface area contributed by atoms with Crippen molar-refractivity contribution in [3.8, 4) is 0 Å². The lowest BCUT2D eigenvalue weighted by atomic mass is 9.83. The Morgan fingerprint density at radius 1 is 0.379 bits per heavy atom. The van der Waals surface area contributed by atoms with Crippen LogP contribution in [0.15, 0.2) is 0 Å². The zero-order chi connectivity index (χ0) is 49.5. The van der Waals surface area contributed by atoms with Crippen molar-refractivity contribution in [1.82, 2.24) is 0 Å². The van der Waals surface area contributed by atoms with E-state index in [1.807, 2.05) is 0 Å². The second-order valence-electron chi connectivity index (χ2n) is 17.1. The van der Waals surface area contributed by atoms with Gasteiger partial charge in [-0.15, -0.1) is 0 Å². The Morgan fingerprint density at radius 3 is 1.08 bits per heavy atom. The molecule has 2 fully saturated rings. The number of hydrogen-bond donors (Lipinski definition) is 0. The van der Waals surface area contributed by atoms with Crippen LogP contribution in [0.4, 0.5) is 0 Å². The number of unbranched alkanes of at least 4 members (excludes halogenated alkanes) is 11. The summed E-state index contributed by atoms with van der Waals surface area (Å²) in [5, 5.41) is 0. The lowest BCUT2D eigenvalue weighted by Gasteiger charge is -2.50. The average Bonchev–Trinajstić information content (AvgIpc) is 3.19. The minimum absolute atomic E-state index is 0.143. The SMILES string of the molecule is CC(=O)OC[C@H]1O[C@@H](O[C@H]2[C@H](OC(C)=O)[C@@H](OC(C)=O)[C@H](OC(C)=O)[C@@H](OC(C)=O)[C@H]2OC(=O)CCCCCCCCCCCCCCC(C)C)[C@@H](OC(C)=O)[C@@H](OC(C)=O)[C@@H]1OC(C)=O. The van der Waals surface area contributed by atoms with Crippen LogP contribution in [-0.2, 0) is 95.3 Å². The normalized spacial score (nSPS) is 26.0. The molecule has 0 aromatic carbocycles. The highest BCUT2D eigenvalue weighted by Gasteiger charge is 2.62. The molecule has 20 nitrogen and oxygen atoms in total. The molecule has 0 aromatic heterocycles. The summed E-state index contributed by atoms with van der Waals surface area (Å²) in [4.78, 5) is 114. The zero-order valence-electron chi connectivity index (χ0n) is 40.2. The maximum absolute atomic E-state index is 13.8. The van der Waals surface area contributed by atoms with Crippen molar-refractivity contribution >= 4 is 53.7 Å². The summed E-state index contributed by atoms with van der Waals surface area (Å²) in [7, 11) is 0. The third-order valence-electron chi connectivity index (χ3n) is 10.6. The summed E-state index contributed by atoms with van der Waals surface area (Å²) in [5.41, 5.74) is 0. The number of hydrogen-bond acceptors (Lipinski definition) is 20. The van der Waals surface area contributed by atoms with Crippen LogP contribution in [0.1, 0.15) is 159 Å². The number of carbonyl (C=O) groups is 9. The van der Waals surface area contributed by atoms with E-state index in [1.165, 1.54) is 44.9 Å². The molecule has 1 aliphatic heterocycles. The molecule has 11 atom stereocenters. The Balaban J connectivity index is 2.54. The molecule has 0 unspecified atom stereocenters. The predicted octanol–water partition coefficient (Wildman–Crippen LogP) is 5.22. The Bertz CT molecular complexity index is 1610. The number of carbonyl (C=O) groups excluding carboxylic acids is 9. The maximum Gasteiger partial charge on any atom is 0.306 e. The lowest BCUT2D eigenvalue weighted by molar-refractivity contribution is -0.343. The van der Waals surface area contributed by atoms with Crippen molar-refractivity contribution in [2.75, 3.05) is 6.61 Å². The maximum atomic E-state index is 13.8. The largest absolute Gasteiger partial charge is 0.463 e. The minimum atomic E-state index is -1.97. The van der Waals surface area contributed by atoms with Gasteiger partial charge >= 0.3 is 53.7 Å². The molecule has 0 amide bonds. The van der Waals surface area contributed by atoms with Crippen LogP contribution in [0, 0.1) is 5.92 Å². The Morgan fingerprint density at radius 2 is 0.697 bits per heavy atom. The van der Waals surface area contributed by atoms with Gasteiger partial charge in [-0.3, -0.25) is 43.2 Å². The van der Waals surface area contributed by atoms with Gasteiger partial charge in [-0.25, -0.2) is 0 Å². The van der Waals surface area contributed by atoms with Gasteiger partial charge in [-0.05, 0) is 12.3 Å². The van der Waals surface area contributed by atoms with Gasteiger partial charge in [0.1, 0.15) is 18.8 Å². The average molecular weight is 945 g/mol. The highest BCUT2D eigenvalue weighted by molar-refractivity contribution is 5.72. The quantitative estimate of drug-likeness (QED) is 0.0581. The molecular formula is C46H72O20. The van der Waals surface area contributed by atoms with Crippen LogP contribution in [0.25, 0.3) is 0 Å². The van der Waals surface area contributed by atoms with Crippen LogP contribution in [0.3, 0.4) is 0 Å². The summed E-state index contributed by atoms with van der Waals surface area (Å²) < 4.78 is 62.6. The number of esters is 9. The molecule has 0 aromatic rings. The monoisotopic (exact) mass is 944 g/mol. The molecule has 0 spiro atoms. The van der Waals surface area contributed by atoms with Crippen molar-refractivity contribution in [3.05, 3.63) is 0 Å². The van der Waals surface area contributed by atoms with E-state index in [0.717, 1.165) is 87.0 Å². The topological polar surface area (TPSA) is 255 Å². The standard InChI is InChI=1S/C46H72O20/c1-26(2)23-21-19-17-15-13-11-12-14-16-18-20-22-24-36(55)65-43-41(61-32(8)52)39(59-30(6)50)40(60-31(7)51)42(62-33(9)53)44(43)66-46-45(63-34(10)54)38(58-29(5)49)37(57-28(4)48)35(64-46)25-56-27(3)47/h26,35,37-46H,11-25H2,1-10H3/t35-,37-,38+,39+,40+,41-,42-,43-,44+,45+,46+/m1/s1. The number of rotatable bonds is 27. The fourth-order valence-corrected chi connectivity index (χ4v) is 7.97. The molecule has 20 heteroatoms. The van der Waals surface area contributed by atoms with Gasteiger partial charge in [0.15, 0.2) is 55.1 Å². The lowest BCUT2D eigenvalue weighted by Crippen LogP contribution is -2.70. The second-order valence-corrected chi connectivity index (χ2v) is 17.1. The van der Waals surface area contributed by atoms with E-state index in [1.54, 1.807) is 0 Å². The first-order valence-electron chi connectivity index (χ1n) is 22.9. The van der Waals surface area contributed by atoms with Gasteiger partial charge in [0.05, 0.1) is 0 Å². The molecule has 0 N–H and O–H groups in total. The van der Waals surface area contributed by atoms with Crippen molar-refractivity contribution < 1.29 is 95.3 Å². The van der Waals surface area contributed by atoms with E-state index in [2.05, 4.69) is 13.8 Å². The Hall–Kier alpha value is -4.85. The van der Waals surface area contributed by atoms with Crippen LogP contribution in [0.2, 0.25) is 0 Å². The Kier molecular flexibility index (Phi) is 25.8. The van der Waals surface area contributed by atoms with Gasteiger partial charge in [-0.2, -0.15) is 0 Å². The van der Waals surface area contributed by atoms with Crippen molar-refractivity contribution in [1.29, 1.82) is 0 Å². The molecule has 1 saturated heterocycles. The summed E-state index contributed by atoms with van der Waals surface area (Å²) in [6.07, 6.45) is -6.05. The zero-order valence-corrected chi connectivity index (χ0v) is 40.2. The summed E-state index contributed by atoms with van der Waals surface area (Å²) >= 11 is 0. The van der Waals surface area contributed by atoms with E-state index < -0.39 is 128 Å². The summed E-state index contributed by atoms with van der Waals surface area (Å²) in [5.74, 6) is -7.64. The molecule has 1 saturated carbocycles. The molecule has 0 radical (unpaired) electrons. The molecule has 0 bridgehead atoms. The van der Waals surface area contributed by atoms with E-state index >= 15 is 0 Å². The van der Waals surface area contributed by atoms with Crippen LogP contribution >= 0.6 is 0 Å². The first-order valence-corrected chi connectivity index (χ1v) is 22.9. The first-order chi connectivity index (χ1) is 31.1. The van der Waals surface area contributed by atoms with Crippen molar-refractivity contribution in [2.45, 2.75) is 226 Å². The van der Waals surface area contributed by atoms with Crippen molar-refractivity contribution in [2.24, 2.45) is 5.92 Å². The van der Waals surface area contributed by atoms with Gasteiger partial charge in [0, 0.05) is 61.8 Å². The van der Waals surface area contributed by atoms with Crippen LogP contribution in [0.5, 0.6) is 0 Å². The Labute approximate surface area is 387 Å². The second kappa shape index (κ2) is 29.7. The third kappa shape index (κ3) is 21.2. The van der Waals surface area contributed by atoms with Crippen molar-refractivity contribution in [3.63, 3.8) is 0 Å². The predicted molar refractivity (Wildman–Crippen MR) is 228 cm³/mol. The first kappa shape index (κ1) is 57.3. The van der Waals surface area contributed by atoms with Gasteiger partial charge in [-0.1, -0.05) is 90.9 Å². The summed E-state index contributed by atoms with van der Waals surface area (Å²) in [6, 6.07) is 0. The van der Waals surface area contributed by atoms with E-state index in [4.69, 9.17) is 52.1 Å². The minimum Gasteiger partial charge on any atom is -0.463 e. The molecular weight excluding hydrogens is 872 g/mol. The van der Waals surface area contributed by atoms with E-state index in [-0.39, 0.29) is 6.42 Å².